The first kappa shape index (κ1) is 15.3. The molecule has 0 spiro atoms. The van der Waals surface area contributed by atoms with Gasteiger partial charge >= 0.3 is 0 Å². The van der Waals surface area contributed by atoms with Crippen LogP contribution in [-0.2, 0) is 11.4 Å². The van der Waals surface area contributed by atoms with E-state index in [1.807, 2.05) is 12.1 Å². The van der Waals surface area contributed by atoms with E-state index in [-0.39, 0.29) is 25.2 Å². The summed E-state index contributed by atoms with van der Waals surface area (Å²) in [4.78, 5) is 12.1. The molecule has 2 fully saturated rings. The van der Waals surface area contributed by atoms with Gasteiger partial charge in [-0.2, -0.15) is 0 Å². The Morgan fingerprint density at radius 1 is 1.41 bits per heavy atom. The number of aliphatic hydroxyl groups excluding tert-OH is 1. The average molecular weight is 303 g/mol. The van der Waals surface area contributed by atoms with Crippen molar-refractivity contribution in [1.82, 2.24) is 5.32 Å². The van der Waals surface area contributed by atoms with Crippen molar-refractivity contribution in [3.8, 4) is 5.75 Å². The molecular formula is C18H25NO3. The lowest BCUT2D eigenvalue weighted by Gasteiger charge is -2.28. The van der Waals surface area contributed by atoms with E-state index in [0.717, 1.165) is 17.4 Å². The number of nitrogens with one attached hydrogen (secondary N) is 1. The van der Waals surface area contributed by atoms with Gasteiger partial charge in [-0.05, 0) is 61.6 Å². The zero-order valence-electron chi connectivity index (χ0n) is 13.1. The summed E-state index contributed by atoms with van der Waals surface area (Å²) in [5, 5.41) is 12.2. The number of hydrogen-bond donors (Lipinski definition) is 2. The Balaban J connectivity index is 1.46. The van der Waals surface area contributed by atoms with Crippen molar-refractivity contribution in [3.63, 3.8) is 0 Å². The summed E-state index contributed by atoms with van der Waals surface area (Å²) in [6, 6.07) is 7.43. The molecule has 4 atom stereocenters. The van der Waals surface area contributed by atoms with Gasteiger partial charge in [0.1, 0.15) is 5.75 Å². The Bertz CT molecular complexity index is 531. The Morgan fingerprint density at radius 2 is 2.27 bits per heavy atom. The van der Waals surface area contributed by atoms with Crippen LogP contribution >= 0.6 is 0 Å². The number of carbonyl (C=O) groups excluding carboxylic acids is 1. The minimum Gasteiger partial charge on any atom is -0.484 e. The highest BCUT2D eigenvalue weighted by Gasteiger charge is 2.42. The maximum absolute atomic E-state index is 12.1. The molecule has 4 unspecified atom stereocenters. The number of ether oxygens (including phenoxy) is 1. The summed E-state index contributed by atoms with van der Waals surface area (Å²) in [5.74, 6) is 2.90. The number of rotatable bonds is 6. The predicted octanol–water partition coefficient (Wildman–Crippen LogP) is 2.50. The van der Waals surface area contributed by atoms with Gasteiger partial charge in [-0.3, -0.25) is 4.79 Å². The number of amides is 1. The minimum absolute atomic E-state index is 0.0231. The van der Waals surface area contributed by atoms with E-state index < -0.39 is 0 Å². The summed E-state index contributed by atoms with van der Waals surface area (Å²) in [5.41, 5.74) is 0.785. The molecule has 4 heteroatoms. The van der Waals surface area contributed by atoms with Crippen LogP contribution in [0.25, 0.3) is 0 Å². The van der Waals surface area contributed by atoms with E-state index in [4.69, 9.17) is 9.84 Å². The fourth-order valence-corrected chi connectivity index (χ4v) is 4.19. The second kappa shape index (κ2) is 6.69. The third-order valence-electron chi connectivity index (χ3n) is 5.27. The molecule has 0 saturated heterocycles. The van der Waals surface area contributed by atoms with E-state index in [9.17, 15) is 4.79 Å². The zero-order chi connectivity index (χ0) is 15.5. The van der Waals surface area contributed by atoms with E-state index >= 15 is 0 Å². The van der Waals surface area contributed by atoms with Crippen molar-refractivity contribution in [2.45, 2.75) is 45.3 Å². The van der Waals surface area contributed by atoms with Crippen LogP contribution in [-0.4, -0.2) is 23.7 Å². The van der Waals surface area contributed by atoms with Crippen molar-refractivity contribution in [2.24, 2.45) is 17.8 Å². The fourth-order valence-electron chi connectivity index (χ4n) is 4.19. The molecule has 2 saturated carbocycles. The molecule has 0 aliphatic heterocycles. The van der Waals surface area contributed by atoms with Crippen molar-refractivity contribution in [3.05, 3.63) is 29.8 Å². The lowest BCUT2D eigenvalue weighted by Crippen LogP contribution is -2.42. The van der Waals surface area contributed by atoms with Crippen molar-refractivity contribution in [2.75, 3.05) is 6.61 Å². The van der Waals surface area contributed by atoms with E-state index in [2.05, 4.69) is 12.2 Å². The zero-order valence-corrected chi connectivity index (χ0v) is 13.1. The molecule has 0 heterocycles. The molecule has 3 rings (SSSR count). The Labute approximate surface area is 131 Å². The quantitative estimate of drug-likeness (QED) is 0.849. The number of hydrogen-bond acceptors (Lipinski definition) is 3. The van der Waals surface area contributed by atoms with Crippen LogP contribution in [0.15, 0.2) is 24.3 Å². The summed E-state index contributed by atoms with van der Waals surface area (Å²) in [6.45, 7) is 2.13. The van der Waals surface area contributed by atoms with Crippen LogP contribution in [0, 0.1) is 17.8 Å². The third kappa shape index (κ3) is 3.43. The van der Waals surface area contributed by atoms with Gasteiger partial charge in [-0.1, -0.05) is 18.6 Å². The van der Waals surface area contributed by atoms with Gasteiger partial charge in [0.15, 0.2) is 6.61 Å². The van der Waals surface area contributed by atoms with Gasteiger partial charge in [-0.25, -0.2) is 0 Å². The van der Waals surface area contributed by atoms with Gasteiger partial charge in [0.25, 0.3) is 5.91 Å². The topological polar surface area (TPSA) is 58.6 Å². The molecule has 22 heavy (non-hydrogen) atoms. The first-order valence-electron chi connectivity index (χ1n) is 8.27. The normalized spacial score (nSPS) is 27.6. The number of aliphatic hydroxyl groups is 1. The maximum atomic E-state index is 12.1. The summed E-state index contributed by atoms with van der Waals surface area (Å²) >= 11 is 0. The smallest absolute Gasteiger partial charge is 0.258 e. The van der Waals surface area contributed by atoms with Gasteiger partial charge in [-0.15, -0.1) is 0 Å². The Hall–Kier alpha value is -1.55. The van der Waals surface area contributed by atoms with Gasteiger partial charge in [0.2, 0.25) is 0 Å². The van der Waals surface area contributed by atoms with Crippen LogP contribution in [0.4, 0.5) is 0 Å². The SMILES string of the molecule is CC(NC(=O)COc1cccc(CO)c1)C1CC2CCC1C2. The average Bonchev–Trinajstić information content (AvgIpc) is 3.16. The molecular weight excluding hydrogens is 278 g/mol. The molecule has 120 valence electrons. The van der Waals surface area contributed by atoms with Crippen molar-refractivity contribution >= 4 is 5.91 Å². The monoisotopic (exact) mass is 303 g/mol. The lowest BCUT2D eigenvalue weighted by atomic mass is 9.84. The Kier molecular flexibility index (Phi) is 4.67. The standard InChI is InChI=1S/C18H25NO3/c1-12(17-9-13-5-6-15(17)7-13)19-18(21)11-22-16-4-2-3-14(8-16)10-20/h2-4,8,12-13,15,17,20H,5-7,9-11H2,1H3,(H,19,21). The highest BCUT2D eigenvalue weighted by Crippen LogP contribution is 2.49. The summed E-state index contributed by atoms with van der Waals surface area (Å²) in [7, 11) is 0. The third-order valence-corrected chi connectivity index (χ3v) is 5.27. The van der Waals surface area contributed by atoms with Gasteiger partial charge < -0.3 is 15.2 Å². The first-order chi connectivity index (χ1) is 10.7. The second-order valence-electron chi connectivity index (χ2n) is 6.79. The highest BCUT2D eigenvalue weighted by atomic mass is 16.5. The molecule has 4 nitrogen and oxygen atoms in total. The Morgan fingerprint density at radius 3 is 2.95 bits per heavy atom. The van der Waals surface area contributed by atoms with Crippen molar-refractivity contribution < 1.29 is 14.6 Å². The van der Waals surface area contributed by atoms with Crippen molar-refractivity contribution in [1.29, 1.82) is 0 Å². The molecule has 1 amide bonds. The van der Waals surface area contributed by atoms with Crippen LogP contribution in [0.5, 0.6) is 5.75 Å². The van der Waals surface area contributed by atoms with Gasteiger partial charge in [0.05, 0.1) is 6.61 Å². The largest absolute Gasteiger partial charge is 0.484 e. The minimum atomic E-state index is -0.0651. The molecule has 2 aliphatic rings. The van der Waals surface area contributed by atoms with Crippen LogP contribution < -0.4 is 10.1 Å². The number of fused-ring (bicyclic) bond motifs is 2. The molecule has 2 aliphatic carbocycles. The van der Waals surface area contributed by atoms with E-state index in [0.29, 0.717) is 11.7 Å². The number of carbonyl (C=O) groups is 1. The van der Waals surface area contributed by atoms with Crippen LogP contribution in [0.2, 0.25) is 0 Å². The second-order valence-corrected chi connectivity index (χ2v) is 6.79. The maximum Gasteiger partial charge on any atom is 0.258 e. The predicted molar refractivity (Wildman–Crippen MR) is 84.4 cm³/mol. The molecule has 1 aromatic carbocycles. The summed E-state index contributed by atoms with van der Waals surface area (Å²) in [6.07, 6.45) is 5.34. The number of benzene rings is 1. The molecule has 0 radical (unpaired) electrons. The first-order valence-corrected chi connectivity index (χ1v) is 8.27. The lowest BCUT2D eigenvalue weighted by molar-refractivity contribution is -0.124. The molecule has 2 N–H and O–H groups in total. The van der Waals surface area contributed by atoms with Crippen LogP contribution in [0.1, 0.15) is 38.2 Å². The molecule has 0 aromatic heterocycles. The molecule has 1 aromatic rings. The van der Waals surface area contributed by atoms with Crippen LogP contribution in [0.3, 0.4) is 0 Å². The fraction of sp³-hybridized carbons (Fsp3) is 0.611. The summed E-state index contributed by atoms with van der Waals surface area (Å²) < 4.78 is 5.51. The molecule has 2 bridgehead atoms. The van der Waals surface area contributed by atoms with Gasteiger partial charge in [0, 0.05) is 6.04 Å². The van der Waals surface area contributed by atoms with E-state index in [1.54, 1.807) is 12.1 Å². The van der Waals surface area contributed by atoms with E-state index in [1.165, 1.54) is 25.7 Å². The highest BCUT2D eigenvalue weighted by molar-refractivity contribution is 5.77.